The molecule has 0 radical (unpaired) electrons. The molecule has 92 valence electrons. The molecular weight excluding hydrogens is 212 g/mol. The summed E-state index contributed by atoms with van der Waals surface area (Å²) in [4.78, 5) is 10.8. The predicted octanol–water partition coefficient (Wildman–Crippen LogP) is 3.20. The first kappa shape index (κ1) is 12.2. The minimum absolute atomic E-state index is 0.0871. The van der Waals surface area contributed by atoms with E-state index in [1.165, 1.54) is 16.7 Å². The van der Waals surface area contributed by atoms with Gasteiger partial charge in [0.15, 0.2) is 0 Å². The van der Waals surface area contributed by atoms with E-state index in [1.54, 1.807) is 0 Å². The Bertz CT molecular complexity index is 416. The van der Waals surface area contributed by atoms with Crippen molar-refractivity contribution < 1.29 is 9.90 Å². The number of carboxylic acid groups (broad SMARTS) is 1. The highest BCUT2D eigenvalue weighted by Gasteiger charge is 2.45. The van der Waals surface area contributed by atoms with Gasteiger partial charge in [-0.3, -0.25) is 4.79 Å². The molecule has 2 rings (SSSR count). The van der Waals surface area contributed by atoms with Gasteiger partial charge in [0.2, 0.25) is 0 Å². The van der Waals surface area contributed by atoms with Crippen molar-refractivity contribution in [2.24, 2.45) is 17.8 Å². The maximum atomic E-state index is 10.8. The summed E-state index contributed by atoms with van der Waals surface area (Å²) in [6.45, 7) is 6.39. The van der Waals surface area contributed by atoms with Crippen molar-refractivity contribution in [3.8, 4) is 0 Å². The number of aryl methyl sites for hydroxylation is 2. The minimum atomic E-state index is -0.623. The topological polar surface area (TPSA) is 37.3 Å². The third kappa shape index (κ3) is 2.87. The molecule has 3 unspecified atom stereocenters. The average Bonchev–Trinajstić information content (AvgIpc) is 2.94. The Morgan fingerprint density at radius 2 is 1.94 bits per heavy atom. The standard InChI is InChI=1S/C15H20O2/c1-9-4-10(2)6-12(5-9)7-11(3)13-8-14(13)15(16)17/h4-6,11,13-14H,7-8H2,1-3H3,(H,16,17). The normalized spacial score (nSPS) is 24.4. The zero-order valence-electron chi connectivity index (χ0n) is 10.7. The molecule has 1 aromatic carbocycles. The predicted molar refractivity (Wildman–Crippen MR) is 68.0 cm³/mol. The quantitative estimate of drug-likeness (QED) is 0.865. The van der Waals surface area contributed by atoms with Crippen molar-refractivity contribution in [3.05, 3.63) is 34.9 Å². The molecule has 0 aliphatic heterocycles. The first-order valence-corrected chi connectivity index (χ1v) is 6.27. The molecule has 0 spiro atoms. The van der Waals surface area contributed by atoms with E-state index in [0.717, 1.165) is 12.8 Å². The first-order chi connectivity index (χ1) is 7.97. The molecule has 2 nitrogen and oxygen atoms in total. The van der Waals surface area contributed by atoms with Crippen LogP contribution in [0.4, 0.5) is 0 Å². The average molecular weight is 232 g/mol. The molecule has 1 fully saturated rings. The molecule has 1 aliphatic rings. The Morgan fingerprint density at radius 1 is 1.35 bits per heavy atom. The summed E-state index contributed by atoms with van der Waals surface area (Å²) < 4.78 is 0. The van der Waals surface area contributed by atoms with E-state index < -0.39 is 5.97 Å². The SMILES string of the molecule is Cc1cc(C)cc(CC(C)C2CC2C(=O)O)c1. The number of benzene rings is 1. The zero-order valence-corrected chi connectivity index (χ0v) is 10.7. The molecule has 0 bridgehead atoms. The van der Waals surface area contributed by atoms with Gasteiger partial charge in [-0.25, -0.2) is 0 Å². The smallest absolute Gasteiger partial charge is 0.306 e. The van der Waals surface area contributed by atoms with Gasteiger partial charge in [0.25, 0.3) is 0 Å². The molecule has 2 heteroatoms. The summed E-state index contributed by atoms with van der Waals surface area (Å²) >= 11 is 0. The van der Waals surface area contributed by atoms with E-state index >= 15 is 0 Å². The van der Waals surface area contributed by atoms with E-state index in [2.05, 4.69) is 39.0 Å². The Morgan fingerprint density at radius 3 is 2.41 bits per heavy atom. The molecular formula is C15H20O2. The molecule has 0 amide bonds. The number of carboxylic acids is 1. The fourth-order valence-corrected chi connectivity index (χ4v) is 2.84. The van der Waals surface area contributed by atoms with E-state index in [1.807, 2.05) is 0 Å². The first-order valence-electron chi connectivity index (χ1n) is 6.27. The van der Waals surface area contributed by atoms with Gasteiger partial charge < -0.3 is 5.11 Å². The molecule has 0 aromatic heterocycles. The summed E-state index contributed by atoms with van der Waals surface area (Å²) in [5, 5.41) is 8.93. The molecule has 17 heavy (non-hydrogen) atoms. The van der Waals surface area contributed by atoms with Crippen LogP contribution in [0.1, 0.15) is 30.0 Å². The van der Waals surface area contributed by atoms with Crippen LogP contribution in [-0.4, -0.2) is 11.1 Å². The fourth-order valence-electron chi connectivity index (χ4n) is 2.84. The molecule has 1 N–H and O–H groups in total. The maximum absolute atomic E-state index is 10.8. The highest BCUT2D eigenvalue weighted by Crippen LogP contribution is 2.45. The Hall–Kier alpha value is -1.31. The summed E-state index contributed by atoms with van der Waals surface area (Å²) in [6.07, 6.45) is 1.86. The monoisotopic (exact) mass is 232 g/mol. The van der Waals surface area contributed by atoms with Gasteiger partial charge >= 0.3 is 5.97 Å². The van der Waals surface area contributed by atoms with Crippen molar-refractivity contribution in [1.29, 1.82) is 0 Å². The number of hydrogen-bond donors (Lipinski definition) is 1. The summed E-state index contributed by atoms with van der Waals surface area (Å²) in [5.74, 6) is 0.142. The Balaban J connectivity index is 1.99. The summed E-state index contributed by atoms with van der Waals surface area (Å²) in [6, 6.07) is 6.59. The molecule has 0 saturated heterocycles. The third-order valence-corrected chi connectivity index (χ3v) is 3.73. The van der Waals surface area contributed by atoms with E-state index in [-0.39, 0.29) is 5.92 Å². The van der Waals surface area contributed by atoms with Crippen molar-refractivity contribution in [1.82, 2.24) is 0 Å². The second kappa shape index (κ2) is 4.52. The van der Waals surface area contributed by atoms with Crippen molar-refractivity contribution in [2.75, 3.05) is 0 Å². The van der Waals surface area contributed by atoms with Gasteiger partial charge in [0.1, 0.15) is 0 Å². The molecule has 1 aliphatic carbocycles. The lowest BCUT2D eigenvalue weighted by Crippen LogP contribution is -2.08. The lowest BCUT2D eigenvalue weighted by molar-refractivity contribution is -0.139. The second-order valence-corrected chi connectivity index (χ2v) is 5.52. The van der Waals surface area contributed by atoms with Crippen LogP contribution in [-0.2, 0) is 11.2 Å². The van der Waals surface area contributed by atoms with Gasteiger partial charge in [0.05, 0.1) is 5.92 Å². The lowest BCUT2D eigenvalue weighted by atomic mass is 9.93. The minimum Gasteiger partial charge on any atom is -0.481 e. The van der Waals surface area contributed by atoms with E-state index in [9.17, 15) is 4.79 Å². The number of carbonyl (C=O) groups is 1. The maximum Gasteiger partial charge on any atom is 0.306 e. The van der Waals surface area contributed by atoms with Crippen LogP contribution in [0.5, 0.6) is 0 Å². The Labute approximate surface area is 103 Å². The van der Waals surface area contributed by atoms with Crippen LogP contribution in [0.3, 0.4) is 0 Å². The molecule has 1 saturated carbocycles. The van der Waals surface area contributed by atoms with Crippen LogP contribution in [0.25, 0.3) is 0 Å². The summed E-state index contributed by atoms with van der Waals surface area (Å²) in [7, 11) is 0. The second-order valence-electron chi connectivity index (χ2n) is 5.52. The highest BCUT2D eigenvalue weighted by atomic mass is 16.4. The van der Waals surface area contributed by atoms with Crippen molar-refractivity contribution >= 4 is 5.97 Å². The number of rotatable bonds is 4. The highest BCUT2D eigenvalue weighted by molar-refractivity contribution is 5.73. The third-order valence-electron chi connectivity index (χ3n) is 3.73. The summed E-state index contributed by atoms with van der Waals surface area (Å²) in [5.41, 5.74) is 3.92. The largest absolute Gasteiger partial charge is 0.481 e. The van der Waals surface area contributed by atoms with Gasteiger partial charge in [-0.2, -0.15) is 0 Å². The van der Waals surface area contributed by atoms with Crippen LogP contribution in [0.15, 0.2) is 18.2 Å². The fraction of sp³-hybridized carbons (Fsp3) is 0.533. The molecule has 3 atom stereocenters. The zero-order chi connectivity index (χ0) is 12.6. The van der Waals surface area contributed by atoms with Gasteiger partial charge in [-0.15, -0.1) is 0 Å². The molecule has 1 aromatic rings. The van der Waals surface area contributed by atoms with Crippen LogP contribution in [0.2, 0.25) is 0 Å². The van der Waals surface area contributed by atoms with Crippen LogP contribution >= 0.6 is 0 Å². The van der Waals surface area contributed by atoms with Crippen molar-refractivity contribution in [2.45, 2.75) is 33.6 Å². The van der Waals surface area contributed by atoms with Gasteiger partial charge in [0, 0.05) is 0 Å². The van der Waals surface area contributed by atoms with Crippen LogP contribution in [0, 0.1) is 31.6 Å². The molecule has 0 heterocycles. The van der Waals surface area contributed by atoms with E-state index in [0.29, 0.717) is 11.8 Å². The van der Waals surface area contributed by atoms with Gasteiger partial charge in [-0.05, 0) is 44.1 Å². The van der Waals surface area contributed by atoms with Crippen molar-refractivity contribution in [3.63, 3.8) is 0 Å². The van der Waals surface area contributed by atoms with E-state index in [4.69, 9.17) is 5.11 Å². The lowest BCUT2D eigenvalue weighted by Gasteiger charge is -2.12. The number of hydrogen-bond acceptors (Lipinski definition) is 1. The Kier molecular flexibility index (Phi) is 3.23. The van der Waals surface area contributed by atoms with Crippen LogP contribution < -0.4 is 0 Å². The number of aliphatic carboxylic acids is 1. The van der Waals surface area contributed by atoms with Gasteiger partial charge in [-0.1, -0.05) is 36.2 Å².